The Morgan fingerprint density at radius 1 is 1.47 bits per heavy atom. The predicted molar refractivity (Wildman–Crippen MR) is 67.3 cm³/mol. The van der Waals surface area contributed by atoms with Crippen LogP contribution in [0.3, 0.4) is 0 Å². The molecule has 2 rings (SSSR count). The van der Waals surface area contributed by atoms with Gasteiger partial charge in [0.25, 0.3) is 0 Å². The average Bonchev–Trinajstić information content (AvgIpc) is 2.80. The Morgan fingerprint density at radius 3 is 2.88 bits per heavy atom. The Kier molecular flexibility index (Phi) is 3.69. The van der Waals surface area contributed by atoms with Crippen molar-refractivity contribution in [1.82, 2.24) is 5.32 Å². The van der Waals surface area contributed by atoms with Gasteiger partial charge in [-0.2, -0.15) is 0 Å². The lowest BCUT2D eigenvalue weighted by molar-refractivity contribution is -0.145. The molecule has 1 aromatic rings. The lowest BCUT2D eigenvalue weighted by Gasteiger charge is -2.17. The zero-order chi connectivity index (χ0) is 12.4. The molecule has 4 heteroatoms. The quantitative estimate of drug-likeness (QED) is 0.821. The van der Waals surface area contributed by atoms with Gasteiger partial charge in [-0.15, -0.1) is 0 Å². The molecule has 0 saturated carbocycles. The van der Waals surface area contributed by atoms with E-state index in [1.807, 2.05) is 19.1 Å². The van der Waals surface area contributed by atoms with E-state index in [0.29, 0.717) is 6.54 Å². The number of aryl methyl sites for hydroxylation is 1. The first kappa shape index (κ1) is 12.4. The second-order valence-electron chi connectivity index (χ2n) is 4.40. The predicted octanol–water partition coefficient (Wildman–Crippen LogP) is 2.12. The monoisotopic (exact) mass is 253 g/mol. The van der Waals surface area contributed by atoms with Crippen molar-refractivity contribution in [2.75, 3.05) is 20.2 Å². The molecule has 92 valence electrons. The highest BCUT2D eigenvalue weighted by Gasteiger charge is 2.34. The van der Waals surface area contributed by atoms with Crippen LogP contribution in [-0.4, -0.2) is 26.2 Å². The number of carbonyl (C=O) groups is 1. The van der Waals surface area contributed by atoms with Gasteiger partial charge in [0.05, 0.1) is 13.0 Å². The van der Waals surface area contributed by atoms with Crippen molar-refractivity contribution in [3.05, 3.63) is 34.3 Å². The van der Waals surface area contributed by atoms with Crippen molar-refractivity contribution in [1.29, 1.82) is 0 Å². The highest BCUT2D eigenvalue weighted by atomic mass is 35.5. The lowest BCUT2D eigenvalue weighted by Crippen LogP contribution is -2.23. The molecule has 1 aliphatic rings. The second-order valence-corrected chi connectivity index (χ2v) is 4.81. The SMILES string of the molecule is COC(=O)C1CNCC1c1ccc(Cl)c(C)c1. The number of benzene rings is 1. The molecule has 0 bridgehead atoms. The van der Waals surface area contributed by atoms with Crippen LogP contribution >= 0.6 is 11.6 Å². The van der Waals surface area contributed by atoms with Gasteiger partial charge in [0.1, 0.15) is 0 Å². The zero-order valence-electron chi connectivity index (χ0n) is 10.00. The number of hydrogen-bond donors (Lipinski definition) is 1. The summed E-state index contributed by atoms with van der Waals surface area (Å²) < 4.78 is 4.83. The molecule has 0 radical (unpaired) electrons. The van der Waals surface area contributed by atoms with Crippen molar-refractivity contribution < 1.29 is 9.53 Å². The topological polar surface area (TPSA) is 38.3 Å². The normalized spacial score (nSPS) is 23.7. The summed E-state index contributed by atoms with van der Waals surface area (Å²) in [5, 5.41) is 4.00. The zero-order valence-corrected chi connectivity index (χ0v) is 10.8. The van der Waals surface area contributed by atoms with Crippen LogP contribution in [0.1, 0.15) is 17.0 Å². The fourth-order valence-corrected chi connectivity index (χ4v) is 2.44. The molecule has 1 fully saturated rings. The van der Waals surface area contributed by atoms with E-state index in [1.165, 1.54) is 7.11 Å². The van der Waals surface area contributed by atoms with Gasteiger partial charge in [0, 0.05) is 24.0 Å². The minimum absolute atomic E-state index is 0.0967. The van der Waals surface area contributed by atoms with Crippen molar-refractivity contribution in [3.8, 4) is 0 Å². The van der Waals surface area contributed by atoms with Crippen LogP contribution < -0.4 is 5.32 Å². The maximum absolute atomic E-state index is 11.7. The first-order valence-electron chi connectivity index (χ1n) is 5.68. The maximum Gasteiger partial charge on any atom is 0.310 e. The van der Waals surface area contributed by atoms with Crippen LogP contribution in [0.5, 0.6) is 0 Å². The highest BCUT2D eigenvalue weighted by molar-refractivity contribution is 6.31. The minimum Gasteiger partial charge on any atom is -0.469 e. The van der Waals surface area contributed by atoms with E-state index in [-0.39, 0.29) is 17.8 Å². The summed E-state index contributed by atoms with van der Waals surface area (Å²) in [6, 6.07) is 5.93. The number of esters is 1. The van der Waals surface area contributed by atoms with Gasteiger partial charge in [0.2, 0.25) is 0 Å². The van der Waals surface area contributed by atoms with Crippen molar-refractivity contribution in [2.45, 2.75) is 12.8 Å². The first-order chi connectivity index (χ1) is 8.13. The number of hydrogen-bond acceptors (Lipinski definition) is 3. The number of rotatable bonds is 2. The van der Waals surface area contributed by atoms with Crippen molar-refractivity contribution >= 4 is 17.6 Å². The molecule has 2 atom stereocenters. The fraction of sp³-hybridized carbons (Fsp3) is 0.462. The summed E-state index contributed by atoms with van der Waals surface area (Å²) in [5.41, 5.74) is 2.19. The lowest BCUT2D eigenvalue weighted by atomic mass is 9.88. The number of methoxy groups -OCH3 is 1. The Morgan fingerprint density at radius 2 is 2.24 bits per heavy atom. The van der Waals surface area contributed by atoms with Crippen LogP contribution in [0.15, 0.2) is 18.2 Å². The Hall–Kier alpha value is -1.06. The summed E-state index contributed by atoms with van der Waals surface area (Å²) in [7, 11) is 1.44. The van der Waals surface area contributed by atoms with Crippen LogP contribution in [-0.2, 0) is 9.53 Å². The van der Waals surface area contributed by atoms with E-state index in [0.717, 1.165) is 22.7 Å². The summed E-state index contributed by atoms with van der Waals surface area (Å²) >= 11 is 6.01. The summed E-state index contributed by atoms with van der Waals surface area (Å²) in [6.07, 6.45) is 0. The molecular formula is C13H16ClNO2. The molecule has 2 unspecified atom stereocenters. The largest absolute Gasteiger partial charge is 0.469 e. The minimum atomic E-state index is -0.146. The molecule has 0 amide bonds. The second kappa shape index (κ2) is 5.07. The first-order valence-corrected chi connectivity index (χ1v) is 6.06. The van der Waals surface area contributed by atoms with E-state index in [1.54, 1.807) is 0 Å². The van der Waals surface area contributed by atoms with Crippen LogP contribution in [0, 0.1) is 12.8 Å². The molecule has 1 N–H and O–H groups in total. The van der Waals surface area contributed by atoms with E-state index < -0.39 is 0 Å². The van der Waals surface area contributed by atoms with Crippen molar-refractivity contribution in [3.63, 3.8) is 0 Å². The van der Waals surface area contributed by atoms with Crippen LogP contribution in [0.25, 0.3) is 0 Å². The van der Waals surface area contributed by atoms with E-state index in [2.05, 4.69) is 11.4 Å². The van der Waals surface area contributed by atoms with E-state index >= 15 is 0 Å². The fourth-order valence-electron chi connectivity index (χ4n) is 2.33. The van der Waals surface area contributed by atoms with Gasteiger partial charge in [-0.25, -0.2) is 0 Å². The highest BCUT2D eigenvalue weighted by Crippen LogP contribution is 2.31. The Bertz CT molecular complexity index is 433. The molecule has 0 spiro atoms. The third-order valence-electron chi connectivity index (χ3n) is 3.33. The Labute approximate surface area is 106 Å². The van der Waals surface area contributed by atoms with E-state index in [4.69, 9.17) is 16.3 Å². The van der Waals surface area contributed by atoms with Gasteiger partial charge in [-0.05, 0) is 24.1 Å². The number of halogens is 1. The molecule has 0 aliphatic carbocycles. The Balaban J connectivity index is 2.26. The van der Waals surface area contributed by atoms with Gasteiger partial charge in [0.15, 0.2) is 0 Å². The third-order valence-corrected chi connectivity index (χ3v) is 3.75. The molecule has 1 heterocycles. The third kappa shape index (κ3) is 2.45. The summed E-state index contributed by atoms with van der Waals surface area (Å²) in [6.45, 7) is 3.46. The summed E-state index contributed by atoms with van der Waals surface area (Å²) in [4.78, 5) is 11.7. The number of ether oxygens (including phenoxy) is 1. The van der Waals surface area contributed by atoms with Gasteiger partial charge < -0.3 is 10.1 Å². The maximum atomic E-state index is 11.7. The standard InChI is InChI=1S/C13H16ClNO2/c1-8-5-9(3-4-12(8)14)10-6-15-7-11(10)13(16)17-2/h3-5,10-11,15H,6-7H2,1-2H3. The van der Waals surface area contributed by atoms with Gasteiger partial charge >= 0.3 is 5.97 Å². The van der Waals surface area contributed by atoms with Gasteiger partial charge in [-0.3, -0.25) is 4.79 Å². The molecule has 1 saturated heterocycles. The van der Waals surface area contributed by atoms with Gasteiger partial charge in [-0.1, -0.05) is 23.7 Å². The van der Waals surface area contributed by atoms with Crippen LogP contribution in [0.2, 0.25) is 5.02 Å². The molecule has 1 aromatic carbocycles. The molecule has 1 aliphatic heterocycles. The summed E-state index contributed by atoms with van der Waals surface area (Å²) in [5.74, 6) is -0.0633. The number of carbonyl (C=O) groups excluding carboxylic acids is 1. The number of nitrogens with one attached hydrogen (secondary N) is 1. The molecule has 17 heavy (non-hydrogen) atoms. The smallest absolute Gasteiger partial charge is 0.310 e. The van der Waals surface area contributed by atoms with Crippen molar-refractivity contribution in [2.24, 2.45) is 5.92 Å². The molecule has 3 nitrogen and oxygen atoms in total. The molecular weight excluding hydrogens is 238 g/mol. The average molecular weight is 254 g/mol. The molecule has 0 aromatic heterocycles. The van der Waals surface area contributed by atoms with Crippen LogP contribution in [0.4, 0.5) is 0 Å². The van der Waals surface area contributed by atoms with E-state index in [9.17, 15) is 4.79 Å².